The van der Waals surface area contributed by atoms with Gasteiger partial charge in [0.25, 0.3) is 0 Å². The van der Waals surface area contributed by atoms with Crippen LogP contribution in [0.25, 0.3) is 27.5 Å². The highest BCUT2D eigenvalue weighted by molar-refractivity contribution is 7.21. The van der Waals surface area contributed by atoms with E-state index in [1.807, 2.05) is 83.1 Å². The highest BCUT2D eigenvalue weighted by atomic mass is 28.3. The van der Waals surface area contributed by atoms with E-state index in [1.54, 1.807) is 0 Å². The molecule has 404 valence electrons. The summed E-state index contributed by atoms with van der Waals surface area (Å²) in [4.78, 5) is 4.87. The third kappa shape index (κ3) is 11.4. The van der Waals surface area contributed by atoms with Crippen molar-refractivity contribution in [3.05, 3.63) is 272 Å². The maximum absolute atomic E-state index is 2.49. The first-order valence-electron chi connectivity index (χ1n) is 29.3. The molecule has 0 fully saturated rings. The number of anilines is 6. The van der Waals surface area contributed by atoms with Crippen molar-refractivity contribution in [3.63, 3.8) is 0 Å². The Morgan fingerprint density at radius 3 is 1.10 bits per heavy atom. The van der Waals surface area contributed by atoms with Crippen LogP contribution in [0.3, 0.4) is 0 Å². The lowest BCUT2D eigenvalue weighted by molar-refractivity contribution is 0.632. The number of para-hydroxylation sites is 7. The van der Waals surface area contributed by atoms with E-state index >= 15 is 0 Å². The molecule has 0 saturated heterocycles. The molecule has 0 amide bonds. The van der Waals surface area contributed by atoms with Crippen LogP contribution in [0.1, 0.15) is 108 Å². The minimum absolute atomic E-state index is 0.136. The highest BCUT2D eigenvalue weighted by Gasteiger charge is 2.48. The van der Waals surface area contributed by atoms with Gasteiger partial charge < -0.3 is 14.4 Å². The first-order chi connectivity index (χ1) is 39.0. The van der Waals surface area contributed by atoms with E-state index in [0.29, 0.717) is 0 Å². The molecule has 0 bridgehead atoms. The normalized spacial score (nSPS) is 12.3. The monoisotopic (exact) mass is 1060 g/mol. The van der Waals surface area contributed by atoms with Crippen LogP contribution in [0.4, 0.5) is 34.1 Å². The summed E-state index contributed by atoms with van der Waals surface area (Å²) >= 11 is 0. The summed E-state index contributed by atoms with van der Waals surface area (Å²) in [6.07, 6.45) is 0. The molecule has 11 aromatic rings. The first kappa shape index (κ1) is 60.1. The number of hydrogen-bond acceptors (Lipinski definition) is 2. The molecular weight excluding hydrogens is 971 g/mol. The van der Waals surface area contributed by atoms with Crippen molar-refractivity contribution in [3.8, 4) is 5.69 Å². The van der Waals surface area contributed by atoms with Crippen LogP contribution < -0.4 is 30.5 Å². The molecule has 0 saturated carbocycles. The third-order valence-corrected chi connectivity index (χ3v) is 18.9. The quantitative estimate of drug-likeness (QED) is 0.159. The van der Waals surface area contributed by atoms with Crippen LogP contribution >= 0.6 is 0 Å². The Balaban J connectivity index is 0.000000216. The van der Waals surface area contributed by atoms with E-state index in [1.165, 1.54) is 93.5 Å². The van der Waals surface area contributed by atoms with Gasteiger partial charge in [-0.3, -0.25) is 0 Å². The summed E-state index contributed by atoms with van der Waals surface area (Å²) in [6, 6.07) is 94.9. The van der Waals surface area contributed by atoms with Gasteiger partial charge in [-0.1, -0.05) is 285 Å². The summed E-state index contributed by atoms with van der Waals surface area (Å²) in [7, 11) is -2.49. The predicted octanol–water partition coefficient (Wildman–Crippen LogP) is 19.9. The zero-order chi connectivity index (χ0) is 57.0. The Morgan fingerprint density at radius 2 is 0.633 bits per heavy atom. The molecule has 2 aliphatic rings. The van der Waals surface area contributed by atoms with Crippen LogP contribution in [-0.2, 0) is 5.41 Å². The van der Waals surface area contributed by atoms with E-state index < -0.39 is 8.07 Å². The average molecular weight is 1060 g/mol. The van der Waals surface area contributed by atoms with Crippen LogP contribution in [0.5, 0.6) is 0 Å². The molecule has 3 heterocycles. The number of rotatable bonds is 5. The minimum Gasteiger partial charge on any atom is -0.311 e. The molecule has 2 aliphatic heterocycles. The summed E-state index contributed by atoms with van der Waals surface area (Å²) in [6.45, 7) is 28.7. The van der Waals surface area contributed by atoms with Gasteiger partial charge in [0.05, 0.1) is 22.4 Å². The topological polar surface area (TPSA) is 11.4 Å². The summed E-state index contributed by atoms with van der Waals surface area (Å²) in [5, 5.41) is 8.25. The molecule has 4 heteroatoms. The van der Waals surface area contributed by atoms with E-state index in [2.05, 4.69) is 289 Å². The first-order valence-corrected chi connectivity index (χ1v) is 31.3. The number of hydrogen-bond donors (Lipinski definition) is 0. The number of nitrogens with zero attached hydrogens (tertiary/aromatic N) is 3. The second-order valence-corrected chi connectivity index (χ2v) is 21.8. The van der Waals surface area contributed by atoms with Crippen LogP contribution in [0, 0.1) is 0 Å². The van der Waals surface area contributed by atoms with Crippen molar-refractivity contribution in [1.29, 1.82) is 0 Å². The van der Waals surface area contributed by atoms with E-state index in [9.17, 15) is 0 Å². The fraction of sp³-hybridized carbons (Fsp3) is 0.200. The lowest BCUT2D eigenvalue weighted by Gasteiger charge is -2.45. The minimum atomic E-state index is -2.49. The molecule has 13 rings (SSSR count). The van der Waals surface area contributed by atoms with Gasteiger partial charge in [-0.15, -0.1) is 0 Å². The molecule has 0 aliphatic carbocycles. The van der Waals surface area contributed by atoms with E-state index in [0.717, 1.165) is 0 Å². The summed E-state index contributed by atoms with van der Waals surface area (Å²) < 4.78 is 2.41. The molecular formula is C75H85N3Si. The molecule has 0 radical (unpaired) electrons. The third-order valence-electron chi connectivity index (χ3n) is 14.1. The Bertz CT molecular complexity index is 3460. The standard InChI is InChI=1S/C33H26N2.C30H23NSi.6C2H6/c1-33(2)27-18-10-12-20-30(27)35(24-15-7-4-8-16-24)32-21-26-25-17-9-11-19-29(25)34(31(26)22-28(32)33)23-13-5-3-6-14-23;1-4-14-24(15-5-1)31-27-20-10-12-22-29(27)32(25-16-6-2-7-17-25,26-18-8-3-9-19-26)30-23-13-11-21-28(30)31;6*1-2/h3-22H,1-2H3;1-23H;6*1-2H3. The maximum Gasteiger partial charge on any atom is 0.184 e. The maximum atomic E-state index is 2.43. The van der Waals surface area contributed by atoms with Crippen LogP contribution in [0.15, 0.2) is 261 Å². The molecule has 0 unspecified atom stereocenters. The Labute approximate surface area is 476 Å². The average Bonchev–Trinajstić information content (AvgIpc) is 3.96. The van der Waals surface area contributed by atoms with Crippen molar-refractivity contribution >= 4 is 84.8 Å². The van der Waals surface area contributed by atoms with Crippen molar-refractivity contribution in [2.75, 3.05) is 9.80 Å². The van der Waals surface area contributed by atoms with Crippen LogP contribution in [0.2, 0.25) is 0 Å². The van der Waals surface area contributed by atoms with Gasteiger partial charge in [0, 0.05) is 44.6 Å². The molecule has 0 N–H and O–H groups in total. The van der Waals surface area contributed by atoms with Gasteiger partial charge in [0.2, 0.25) is 0 Å². The van der Waals surface area contributed by atoms with E-state index in [-0.39, 0.29) is 5.41 Å². The smallest absolute Gasteiger partial charge is 0.184 e. The summed E-state index contributed by atoms with van der Waals surface area (Å²) in [5.41, 5.74) is 13.6. The molecule has 79 heavy (non-hydrogen) atoms. The van der Waals surface area contributed by atoms with E-state index in [4.69, 9.17) is 0 Å². The largest absolute Gasteiger partial charge is 0.311 e. The Morgan fingerprint density at radius 1 is 0.278 bits per heavy atom. The van der Waals surface area contributed by atoms with Crippen molar-refractivity contribution in [2.24, 2.45) is 0 Å². The molecule has 3 nitrogen and oxygen atoms in total. The second kappa shape index (κ2) is 29.0. The van der Waals surface area contributed by atoms with Crippen LogP contribution in [-0.4, -0.2) is 12.6 Å². The van der Waals surface area contributed by atoms with Gasteiger partial charge in [-0.25, -0.2) is 0 Å². The number of aromatic nitrogens is 1. The molecule has 10 aromatic carbocycles. The number of benzene rings is 10. The Kier molecular flexibility index (Phi) is 22.0. The second-order valence-electron chi connectivity index (χ2n) is 18.1. The lowest BCUT2D eigenvalue weighted by Crippen LogP contribution is -2.77. The zero-order valence-electron chi connectivity index (χ0n) is 49.7. The molecule has 0 atom stereocenters. The van der Waals surface area contributed by atoms with Gasteiger partial charge in [0.15, 0.2) is 8.07 Å². The molecule has 0 spiro atoms. The molecule has 1 aromatic heterocycles. The highest BCUT2D eigenvalue weighted by Crippen LogP contribution is 2.53. The lowest BCUT2D eigenvalue weighted by atomic mass is 9.73. The van der Waals surface area contributed by atoms with Gasteiger partial charge in [0.1, 0.15) is 0 Å². The number of fused-ring (bicyclic) bond motifs is 7. The SMILES string of the molecule is CC.CC.CC.CC.CC.CC.CC1(C)c2ccccc2N(c2ccccc2)c2cc3c4ccccc4n(-c4ccccc4)c3cc21.c1ccc(N2c3ccccc3[Si](c3ccccc3)(c3ccccc3)c3ccccc32)cc1. The fourth-order valence-electron chi connectivity index (χ4n) is 11.1. The van der Waals surface area contributed by atoms with Gasteiger partial charge in [-0.2, -0.15) is 0 Å². The predicted molar refractivity (Wildman–Crippen MR) is 354 cm³/mol. The van der Waals surface area contributed by atoms with Gasteiger partial charge in [-0.05, 0) is 105 Å². The van der Waals surface area contributed by atoms with Crippen molar-refractivity contribution in [2.45, 2.75) is 102 Å². The zero-order valence-corrected chi connectivity index (χ0v) is 50.7. The van der Waals surface area contributed by atoms with Gasteiger partial charge >= 0.3 is 0 Å². The fourth-order valence-corrected chi connectivity index (χ4v) is 16.2. The van der Waals surface area contributed by atoms with Crippen molar-refractivity contribution < 1.29 is 0 Å². The van der Waals surface area contributed by atoms with Crippen molar-refractivity contribution in [1.82, 2.24) is 4.57 Å². The summed E-state index contributed by atoms with van der Waals surface area (Å²) in [5.74, 6) is 0. The Hall–Kier alpha value is -8.18.